The molecular formula is C37H64O12S6. The summed E-state index contributed by atoms with van der Waals surface area (Å²) in [5.41, 5.74) is 0. The molecule has 55 heavy (non-hydrogen) atoms. The van der Waals surface area contributed by atoms with E-state index in [4.69, 9.17) is 0 Å². The highest BCUT2D eigenvalue weighted by molar-refractivity contribution is 7.92. The van der Waals surface area contributed by atoms with Crippen molar-refractivity contribution in [3.05, 3.63) is 0 Å². The average Bonchev–Trinajstić information content (AvgIpc) is 2.96. The fraction of sp³-hybridized carbons (Fsp3) is 1.00. The fourth-order valence-corrected chi connectivity index (χ4v) is 24.1. The maximum absolute atomic E-state index is 14.0. The number of thiol groups is 1. The molecule has 6 rings (SSSR count). The van der Waals surface area contributed by atoms with Crippen molar-refractivity contribution in [1.82, 2.24) is 0 Å². The second-order valence-corrected chi connectivity index (χ2v) is 31.3. The molecule has 10 bridgehead atoms. The molecule has 6 aliphatic rings. The van der Waals surface area contributed by atoms with E-state index in [0.29, 0.717) is 77.0 Å². The van der Waals surface area contributed by atoms with Crippen LogP contribution in [-0.2, 0) is 59.9 Å². The first-order valence-corrected chi connectivity index (χ1v) is 31.1. The zero-order valence-electron chi connectivity index (χ0n) is 32.3. The van der Waals surface area contributed by atoms with Crippen LogP contribution in [0.2, 0.25) is 0 Å². The van der Waals surface area contributed by atoms with Gasteiger partial charge < -0.3 is 0 Å². The number of hydrogen-bond donors (Lipinski definition) is 1. The molecule has 0 N–H and O–H groups in total. The molecule has 0 amide bonds. The predicted octanol–water partition coefficient (Wildman–Crippen LogP) is 3.24. The van der Waals surface area contributed by atoms with Crippen LogP contribution < -0.4 is 0 Å². The standard InChI is InChI=1S/C37H64O12S6/c1-2-26-3-28-7-29(4-26)17-52(42,43)21-33-10-35-14-37(12-33)25-55(48,49)24-36-11-32(20-51(40,41)16-28)9-34(13-36)22-53(44,45)18-30-5-27(15-50(38)39)6-31(8-30)19-54(46,47)23-35/h26-37,50H,2-25H2,1H3/t26?,27?,28-,29+,30+,31-,32?,33?,34+,35-,36-,37?/m1/s1. The zero-order valence-corrected chi connectivity index (χ0v) is 37.3. The minimum atomic E-state index is -3.76. The second kappa shape index (κ2) is 17.4. The van der Waals surface area contributed by atoms with Gasteiger partial charge in [0.15, 0.2) is 49.2 Å². The van der Waals surface area contributed by atoms with Crippen LogP contribution in [0.3, 0.4) is 0 Å². The van der Waals surface area contributed by atoms with Crippen LogP contribution >= 0.6 is 0 Å². The van der Waals surface area contributed by atoms with E-state index in [1.165, 1.54) is 0 Å². The molecule has 18 heteroatoms. The van der Waals surface area contributed by atoms with Gasteiger partial charge in [0.2, 0.25) is 0 Å². The van der Waals surface area contributed by atoms with Gasteiger partial charge in [-0.25, -0.2) is 50.5 Å². The van der Waals surface area contributed by atoms with Crippen LogP contribution in [0.15, 0.2) is 0 Å². The fourth-order valence-electron chi connectivity index (χ4n) is 12.8. The first-order chi connectivity index (χ1) is 25.5. The average molecular weight is 893 g/mol. The van der Waals surface area contributed by atoms with Gasteiger partial charge in [-0.15, -0.1) is 0 Å². The molecule has 2 saturated heterocycles. The molecule has 6 fully saturated rings. The monoisotopic (exact) mass is 892 g/mol. The summed E-state index contributed by atoms with van der Waals surface area (Å²) in [7, 11) is -21.3. The van der Waals surface area contributed by atoms with Gasteiger partial charge in [0.1, 0.15) is 10.7 Å². The van der Waals surface area contributed by atoms with Crippen molar-refractivity contribution in [1.29, 1.82) is 0 Å². The van der Waals surface area contributed by atoms with Crippen molar-refractivity contribution in [3.8, 4) is 0 Å². The van der Waals surface area contributed by atoms with Crippen LogP contribution in [-0.4, -0.2) is 114 Å². The Labute approximate surface area is 333 Å². The SMILES string of the molecule is CCC1C[C@@H]2C[C@H](C1)CS(=O)(=O)CC1CC3C[C@@H](C1)CS(=O)(=O)C[C@@H]1CC(C[SH](=O)=O)C[C@@H](C1)CS(=O)(=O)C[C@H]1CC(C[C@H](C1)CS(=O)(=O)C3)CS(=O)(=O)C2. The Morgan fingerprint density at radius 1 is 0.327 bits per heavy atom. The minimum absolute atomic E-state index is 0.0676. The third-order valence-electron chi connectivity index (χ3n) is 13.9. The molecule has 0 radical (unpaired) electrons. The Hall–Kier alpha value is -0.300. The molecule has 5 unspecified atom stereocenters. The molecule has 4 aliphatic carbocycles. The van der Waals surface area contributed by atoms with Gasteiger partial charge in [-0.1, -0.05) is 13.3 Å². The maximum Gasteiger partial charge on any atom is 0.150 e. The lowest BCUT2D eigenvalue weighted by Gasteiger charge is -2.39. The highest BCUT2D eigenvalue weighted by atomic mass is 32.2. The van der Waals surface area contributed by atoms with Gasteiger partial charge >= 0.3 is 0 Å². The number of sulfone groups is 5. The number of hydrogen-bond acceptors (Lipinski definition) is 12. The molecule has 2 heterocycles. The normalized spacial score (nSPS) is 43.3. The van der Waals surface area contributed by atoms with Gasteiger partial charge in [0.25, 0.3) is 0 Å². The summed E-state index contributed by atoms with van der Waals surface area (Å²) in [4.78, 5) is 0. The largest absolute Gasteiger partial charge is 0.232 e. The summed E-state index contributed by atoms with van der Waals surface area (Å²) in [6, 6.07) is 0. The summed E-state index contributed by atoms with van der Waals surface area (Å²) < 4.78 is 163. The summed E-state index contributed by atoms with van der Waals surface area (Å²) in [5.74, 6) is -5.87. The molecule has 4 saturated carbocycles. The predicted molar refractivity (Wildman–Crippen MR) is 216 cm³/mol. The Balaban J connectivity index is 1.39. The summed E-state index contributed by atoms with van der Waals surface area (Å²) >= 11 is 0. The van der Waals surface area contributed by atoms with E-state index in [2.05, 4.69) is 0 Å². The molecule has 0 aromatic carbocycles. The zero-order chi connectivity index (χ0) is 40.0. The van der Waals surface area contributed by atoms with E-state index < -0.39 is 107 Å². The lowest BCUT2D eigenvalue weighted by Crippen LogP contribution is -2.40. The summed E-state index contributed by atoms with van der Waals surface area (Å²) in [6.45, 7) is 2.05. The third-order valence-corrected chi connectivity index (χ3v) is 24.5. The number of rotatable bonds is 3. The van der Waals surface area contributed by atoms with E-state index >= 15 is 0 Å². The molecule has 12 atom stereocenters. The topological polar surface area (TPSA) is 205 Å². The first kappa shape index (κ1) is 44.3. The van der Waals surface area contributed by atoms with Crippen LogP contribution in [0.4, 0.5) is 0 Å². The maximum atomic E-state index is 14.0. The van der Waals surface area contributed by atoms with Gasteiger partial charge in [0.05, 0.1) is 63.3 Å². The summed E-state index contributed by atoms with van der Waals surface area (Å²) in [6.07, 6.45) is 5.88. The van der Waals surface area contributed by atoms with Crippen molar-refractivity contribution in [2.75, 3.05) is 63.3 Å². The highest BCUT2D eigenvalue weighted by Gasteiger charge is 2.43. The van der Waals surface area contributed by atoms with Crippen molar-refractivity contribution in [2.24, 2.45) is 71.0 Å². The van der Waals surface area contributed by atoms with E-state index in [9.17, 15) is 50.5 Å². The van der Waals surface area contributed by atoms with Crippen LogP contribution in [0.25, 0.3) is 0 Å². The van der Waals surface area contributed by atoms with Crippen molar-refractivity contribution < 1.29 is 50.5 Å². The Bertz CT molecular complexity index is 1880. The molecule has 0 spiro atoms. The highest BCUT2D eigenvalue weighted by Crippen LogP contribution is 2.43. The molecular weight excluding hydrogens is 829 g/mol. The van der Waals surface area contributed by atoms with E-state index in [1.54, 1.807) is 0 Å². The Kier molecular flexibility index (Phi) is 14.0. The van der Waals surface area contributed by atoms with Crippen LogP contribution in [0.1, 0.15) is 90.4 Å². The Morgan fingerprint density at radius 2 is 0.509 bits per heavy atom. The second-order valence-electron chi connectivity index (χ2n) is 19.5. The summed E-state index contributed by atoms with van der Waals surface area (Å²) in [5, 5.41) is 0. The molecule has 320 valence electrons. The molecule has 0 aromatic heterocycles. The van der Waals surface area contributed by atoms with E-state index in [1.807, 2.05) is 6.92 Å². The third kappa shape index (κ3) is 13.3. The van der Waals surface area contributed by atoms with Gasteiger partial charge in [-0.2, -0.15) is 0 Å². The quantitative estimate of drug-likeness (QED) is 0.406. The van der Waals surface area contributed by atoms with Gasteiger partial charge in [-0.3, -0.25) is 0 Å². The van der Waals surface area contributed by atoms with Crippen LogP contribution in [0.5, 0.6) is 0 Å². The smallest absolute Gasteiger partial charge is 0.150 e. The minimum Gasteiger partial charge on any atom is -0.232 e. The van der Waals surface area contributed by atoms with Gasteiger partial charge in [0, 0.05) is 0 Å². The lowest BCUT2D eigenvalue weighted by molar-refractivity contribution is 0.214. The van der Waals surface area contributed by atoms with E-state index in [0.717, 1.165) is 6.42 Å². The molecule has 2 aliphatic heterocycles. The molecule has 0 aromatic rings. The van der Waals surface area contributed by atoms with Gasteiger partial charge in [-0.05, 0) is 148 Å². The van der Waals surface area contributed by atoms with Crippen LogP contribution in [0, 0.1) is 71.0 Å². The first-order valence-electron chi connectivity index (χ1n) is 20.6. The van der Waals surface area contributed by atoms with Crippen molar-refractivity contribution in [3.63, 3.8) is 0 Å². The van der Waals surface area contributed by atoms with E-state index in [-0.39, 0.29) is 87.0 Å². The number of fused-ring (bicyclic) bond motifs is 10. The lowest BCUT2D eigenvalue weighted by atomic mass is 9.75. The van der Waals surface area contributed by atoms with Crippen molar-refractivity contribution in [2.45, 2.75) is 90.4 Å². The Morgan fingerprint density at radius 3 is 0.691 bits per heavy atom. The molecule has 12 nitrogen and oxygen atoms in total. The van der Waals surface area contributed by atoms with Crippen molar-refractivity contribution >= 4 is 59.9 Å².